The fraction of sp³-hybridized carbons (Fsp3) is 0.750. The van der Waals surface area contributed by atoms with Crippen LogP contribution in [0.3, 0.4) is 0 Å². The predicted octanol–water partition coefficient (Wildman–Crippen LogP) is 1.35. The van der Waals surface area contributed by atoms with Crippen molar-refractivity contribution in [2.24, 2.45) is 15.6 Å². The van der Waals surface area contributed by atoms with Crippen LogP contribution < -0.4 is 0 Å². The lowest BCUT2D eigenvalue weighted by Gasteiger charge is -2.27. The number of amides is 1. The molecule has 0 aromatic heterocycles. The summed E-state index contributed by atoms with van der Waals surface area (Å²) >= 11 is 0. The Morgan fingerprint density at radius 3 is 2.76 bits per heavy atom. The normalized spacial score (nSPS) is 28.7. The van der Waals surface area contributed by atoms with Gasteiger partial charge in [0.15, 0.2) is 0 Å². The molecule has 2 rings (SSSR count). The highest BCUT2D eigenvalue weighted by Gasteiger charge is 2.44. The monoisotopic (exact) mass is 237 g/mol. The molecule has 0 spiro atoms. The van der Waals surface area contributed by atoms with E-state index in [2.05, 4.69) is 10.2 Å². The van der Waals surface area contributed by atoms with Crippen molar-refractivity contribution in [1.82, 2.24) is 4.90 Å². The highest BCUT2D eigenvalue weighted by Crippen LogP contribution is 2.33. The Morgan fingerprint density at radius 1 is 1.53 bits per heavy atom. The molecule has 2 aliphatic rings. The van der Waals surface area contributed by atoms with Crippen LogP contribution in [-0.4, -0.2) is 41.1 Å². The van der Waals surface area contributed by atoms with Crippen LogP contribution >= 0.6 is 0 Å². The van der Waals surface area contributed by atoms with Crippen LogP contribution in [0.2, 0.25) is 0 Å². The second-order valence-electron chi connectivity index (χ2n) is 5.77. The molecule has 94 valence electrons. The second-order valence-corrected chi connectivity index (χ2v) is 5.77. The molecule has 2 aliphatic heterocycles. The Labute approximate surface area is 101 Å². The van der Waals surface area contributed by atoms with Crippen molar-refractivity contribution in [1.29, 1.82) is 0 Å². The second kappa shape index (κ2) is 3.91. The standard InChI is InChI=1S/C12H19N3O2/c1-11(2,3)10(16)15-7-5-12(17,8-15)9-4-6-13-14-9/h4,17H,5-8H2,1-3H3. The van der Waals surface area contributed by atoms with Crippen molar-refractivity contribution >= 4 is 5.91 Å². The molecule has 17 heavy (non-hydrogen) atoms. The molecule has 1 unspecified atom stereocenters. The van der Waals surface area contributed by atoms with E-state index in [1.54, 1.807) is 4.90 Å². The molecule has 1 fully saturated rings. The first-order valence-electron chi connectivity index (χ1n) is 5.93. The summed E-state index contributed by atoms with van der Waals surface area (Å²) in [6.45, 7) is 7.11. The first-order valence-corrected chi connectivity index (χ1v) is 5.93. The van der Waals surface area contributed by atoms with Crippen LogP contribution in [-0.2, 0) is 4.79 Å². The molecular weight excluding hydrogens is 218 g/mol. The number of aliphatic hydroxyl groups is 1. The molecule has 0 aromatic carbocycles. The zero-order valence-corrected chi connectivity index (χ0v) is 10.6. The lowest BCUT2D eigenvalue weighted by Crippen LogP contribution is -2.41. The van der Waals surface area contributed by atoms with Gasteiger partial charge in [-0.15, -0.1) is 0 Å². The third kappa shape index (κ3) is 2.24. The van der Waals surface area contributed by atoms with E-state index in [4.69, 9.17) is 0 Å². The molecule has 1 amide bonds. The number of carbonyl (C=O) groups is 1. The molecule has 0 bridgehead atoms. The summed E-state index contributed by atoms with van der Waals surface area (Å²) < 4.78 is 0. The highest BCUT2D eigenvalue weighted by molar-refractivity contribution is 5.82. The Balaban J connectivity index is 2.09. The van der Waals surface area contributed by atoms with Gasteiger partial charge in [0.1, 0.15) is 5.60 Å². The summed E-state index contributed by atoms with van der Waals surface area (Å²) in [6, 6.07) is 0. The van der Waals surface area contributed by atoms with Gasteiger partial charge < -0.3 is 10.0 Å². The summed E-state index contributed by atoms with van der Waals surface area (Å²) in [7, 11) is 0. The van der Waals surface area contributed by atoms with Gasteiger partial charge in [0.05, 0.1) is 18.8 Å². The molecule has 1 N–H and O–H groups in total. The van der Waals surface area contributed by atoms with Gasteiger partial charge in [-0.1, -0.05) is 20.8 Å². The minimum atomic E-state index is -0.999. The van der Waals surface area contributed by atoms with E-state index in [0.717, 1.165) is 0 Å². The van der Waals surface area contributed by atoms with E-state index >= 15 is 0 Å². The number of β-amino-alcohol motifs (C(OH)–C–C–N with tert-alkyl or cyclic N) is 1. The van der Waals surface area contributed by atoms with Crippen LogP contribution in [0.1, 0.15) is 27.2 Å². The quantitative estimate of drug-likeness (QED) is 0.748. The Hall–Kier alpha value is -1.23. The average molecular weight is 237 g/mol. The third-order valence-electron chi connectivity index (χ3n) is 3.20. The van der Waals surface area contributed by atoms with Gasteiger partial charge in [0.25, 0.3) is 0 Å². The van der Waals surface area contributed by atoms with E-state index in [-0.39, 0.29) is 5.91 Å². The van der Waals surface area contributed by atoms with Crippen LogP contribution in [0.25, 0.3) is 0 Å². The first-order chi connectivity index (χ1) is 7.83. The molecule has 1 saturated heterocycles. The van der Waals surface area contributed by atoms with E-state index in [0.29, 0.717) is 31.8 Å². The zero-order chi connectivity index (χ0) is 12.7. The number of hydrogen-bond donors (Lipinski definition) is 1. The maximum absolute atomic E-state index is 12.1. The molecule has 0 saturated carbocycles. The van der Waals surface area contributed by atoms with Gasteiger partial charge in [-0.2, -0.15) is 10.2 Å². The molecule has 1 atom stereocenters. The van der Waals surface area contributed by atoms with Crippen molar-refractivity contribution < 1.29 is 9.90 Å². The number of nitrogens with zero attached hydrogens (tertiary/aromatic N) is 3. The Bertz CT molecular complexity index is 395. The maximum atomic E-state index is 12.1. The molecular formula is C12H19N3O2. The fourth-order valence-corrected chi connectivity index (χ4v) is 2.22. The molecule has 0 aromatic rings. The molecule has 5 nitrogen and oxygen atoms in total. The molecule has 5 heteroatoms. The summed E-state index contributed by atoms with van der Waals surface area (Å²) in [4.78, 5) is 13.8. The van der Waals surface area contributed by atoms with Crippen LogP contribution in [0.4, 0.5) is 0 Å². The lowest BCUT2D eigenvalue weighted by atomic mass is 9.94. The van der Waals surface area contributed by atoms with Crippen molar-refractivity contribution in [2.45, 2.75) is 32.8 Å². The van der Waals surface area contributed by atoms with Crippen LogP contribution in [0.15, 0.2) is 22.0 Å². The summed E-state index contributed by atoms with van der Waals surface area (Å²) in [5.41, 5.74) is -0.792. The minimum absolute atomic E-state index is 0.0731. The summed E-state index contributed by atoms with van der Waals surface area (Å²) in [5, 5.41) is 18.2. The SMILES string of the molecule is CC(C)(C)C(=O)N1CCC(O)(C2=CCN=N2)C1. The number of hydrogen-bond acceptors (Lipinski definition) is 4. The average Bonchev–Trinajstić information content (AvgIpc) is 2.84. The van der Waals surface area contributed by atoms with Gasteiger partial charge in [-0.25, -0.2) is 0 Å². The van der Waals surface area contributed by atoms with Gasteiger partial charge in [0, 0.05) is 18.4 Å². The minimum Gasteiger partial charge on any atom is -0.382 e. The number of azo groups is 1. The Kier molecular flexibility index (Phi) is 2.81. The summed E-state index contributed by atoms with van der Waals surface area (Å²) in [5.74, 6) is 0.0731. The van der Waals surface area contributed by atoms with Crippen LogP contribution in [0.5, 0.6) is 0 Å². The topological polar surface area (TPSA) is 65.3 Å². The van der Waals surface area contributed by atoms with Crippen LogP contribution in [0, 0.1) is 5.41 Å². The number of carbonyl (C=O) groups excluding carboxylic acids is 1. The fourth-order valence-electron chi connectivity index (χ4n) is 2.22. The van der Waals surface area contributed by atoms with Crippen molar-refractivity contribution in [3.8, 4) is 0 Å². The highest BCUT2D eigenvalue weighted by atomic mass is 16.3. The molecule has 2 heterocycles. The van der Waals surface area contributed by atoms with Crippen molar-refractivity contribution in [3.63, 3.8) is 0 Å². The van der Waals surface area contributed by atoms with Gasteiger partial charge in [-0.3, -0.25) is 4.79 Å². The van der Waals surface area contributed by atoms with E-state index < -0.39 is 11.0 Å². The van der Waals surface area contributed by atoms with Gasteiger partial charge >= 0.3 is 0 Å². The molecule has 0 radical (unpaired) electrons. The van der Waals surface area contributed by atoms with E-state index in [1.807, 2.05) is 26.8 Å². The van der Waals surface area contributed by atoms with Crippen molar-refractivity contribution in [2.75, 3.05) is 19.6 Å². The van der Waals surface area contributed by atoms with Crippen molar-refractivity contribution in [3.05, 3.63) is 11.8 Å². The third-order valence-corrected chi connectivity index (χ3v) is 3.20. The van der Waals surface area contributed by atoms with Gasteiger partial charge in [0.2, 0.25) is 5.91 Å². The summed E-state index contributed by atoms with van der Waals surface area (Å²) in [6.07, 6.45) is 2.37. The maximum Gasteiger partial charge on any atom is 0.228 e. The van der Waals surface area contributed by atoms with E-state index in [9.17, 15) is 9.90 Å². The predicted molar refractivity (Wildman–Crippen MR) is 63.4 cm³/mol. The largest absolute Gasteiger partial charge is 0.382 e. The van der Waals surface area contributed by atoms with E-state index in [1.165, 1.54) is 0 Å². The number of likely N-dealkylation sites (tertiary alicyclic amines) is 1. The molecule has 0 aliphatic carbocycles. The Morgan fingerprint density at radius 2 is 2.24 bits per heavy atom. The number of rotatable bonds is 1. The zero-order valence-electron chi connectivity index (χ0n) is 10.6. The smallest absolute Gasteiger partial charge is 0.228 e. The first kappa shape index (κ1) is 12.2. The van der Waals surface area contributed by atoms with Gasteiger partial charge in [-0.05, 0) is 6.08 Å². The lowest BCUT2D eigenvalue weighted by molar-refractivity contribution is -0.139.